The summed E-state index contributed by atoms with van der Waals surface area (Å²) in [5, 5.41) is 65.2. The molecule has 3 aliphatic rings. The summed E-state index contributed by atoms with van der Waals surface area (Å²) in [4.78, 5) is 233. The molecule has 0 spiro atoms. The molecule has 3 saturated heterocycles. The molecule has 1 aromatic rings. The van der Waals surface area contributed by atoms with Gasteiger partial charge in [0.2, 0.25) is 70.9 Å². The third kappa shape index (κ3) is 26.2. The van der Waals surface area contributed by atoms with Crippen molar-refractivity contribution in [1.82, 2.24) is 63.0 Å². The lowest BCUT2D eigenvalue weighted by Gasteiger charge is -2.39. The van der Waals surface area contributed by atoms with Crippen LogP contribution in [0.25, 0.3) is 0 Å². The molecule has 0 radical (unpaired) electrons. The topological polar surface area (TPSA) is 536 Å². The molecule has 0 aliphatic carbocycles. The largest absolute Gasteiger partial charge is 0.481 e. The number of carboxylic acid groups (broad SMARTS) is 4. The molecule has 13 amide bonds. The summed E-state index contributed by atoms with van der Waals surface area (Å²) >= 11 is 0. The van der Waals surface area contributed by atoms with Crippen molar-refractivity contribution in [3.63, 3.8) is 0 Å². The van der Waals surface area contributed by atoms with Gasteiger partial charge in [0, 0.05) is 36.8 Å². The Morgan fingerprint density at radius 2 is 1.07 bits per heavy atom. The number of nitrogens with one attached hydrogen (secondary N) is 11. The van der Waals surface area contributed by atoms with Crippen molar-refractivity contribution in [2.24, 2.45) is 17.6 Å². The highest BCUT2D eigenvalue weighted by Crippen LogP contribution is 2.24. The molecule has 548 valence electrons. The van der Waals surface area contributed by atoms with Gasteiger partial charge in [-0.2, -0.15) is 0 Å². The van der Waals surface area contributed by atoms with Gasteiger partial charge in [0.25, 0.3) is 5.91 Å². The van der Waals surface area contributed by atoms with Crippen LogP contribution in [0, 0.1) is 11.8 Å². The molecule has 0 aromatic heterocycles. The number of carbonyl (C=O) groups is 17. The summed E-state index contributed by atoms with van der Waals surface area (Å²) in [7, 11) is 0. The fraction of sp³-hybridized carbons (Fsp3) is 0.641. The van der Waals surface area contributed by atoms with Crippen LogP contribution in [0.1, 0.15) is 167 Å². The zero-order chi connectivity index (χ0) is 73.8. The molecule has 0 saturated carbocycles. The number of fused-ring (bicyclic) bond motifs is 2. The van der Waals surface area contributed by atoms with Gasteiger partial charge in [0.05, 0.1) is 44.3 Å². The number of rotatable bonds is 25. The maximum atomic E-state index is 15.3. The second-order valence-corrected chi connectivity index (χ2v) is 25.4. The Balaban J connectivity index is 1.76. The van der Waals surface area contributed by atoms with Crippen LogP contribution in [0.4, 0.5) is 5.69 Å². The first-order valence-electron chi connectivity index (χ1n) is 33.4. The van der Waals surface area contributed by atoms with Gasteiger partial charge in [-0.25, -0.2) is 0 Å². The van der Waals surface area contributed by atoms with E-state index in [1.54, 1.807) is 13.8 Å². The van der Waals surface area contributed by atoms with E-state index in [0.717, 1.165) is 48.8 Å². The highest BCUT2D eigenvalue weighted by Gasteiger charge is 2.45. The molecule has 4 rings (SSSR count). The van der Waals surface area contributed by atoms with Gasteiger partial charge in [0.15, 0.2) is 0 Å². The first kappa shape index (κ1) is 81.6. The monoisotopic (exact) mass is 1400 g/mol. The lowest BCUT2D eigenvalue weighted by atomic mass is 9.96. The number of amides is 13. The first-order chi connectivity index (χ1) is 46.7. The zero-order valence-corrected chi connectivity index (χ0v) is 56.6. The first-order valence-corrected chi connectivity index (χ1v) is 33.4. The minimum absolute atomic E-state index is 0.00566. The molecule has 1 aromatic carbocycles. The van der Waals surface area contributed by atoms with Crippen molar-refractivity contribution in [1.29, 1.82) is 0 Å². The van der Waals surface area contributed by atoms with Crippen LogP contribution in [-0.2, 0) is 76.7 Å². The van der Waals surface area contributed by atoms with Crippen LogP contribution in [0.2, 0.25) is 0 Å². The number of piperidine rings is 1. The lowest BCUT2D eigenvalue weighted by molar-refractivity contribution is -0.150. The maximum absolute atomic E-state index is 15.3. The number of nitrogens with two attached hydrogens (primary N) is 1. The van der Waals surface area contributed by atoms with Gasteiger partial charge >= 0.3 is 23.9 Å². The number of unbranched alkanes of at least 4 members (excludes halogenated alkanes) is 8. The SMILES string of the molecule is CCCCCCCCCCCC(=O)Nc1ccc(C(=O)NC(CC(=O)O)C(=O)NC2C(=O)N3CCCCC3C(=O)NC(C(C)C(=O)O)C(=O)NC(CC(=O)O)C(=O)NCC(=O)NC(CC(=O)O)C(=O)NCC(=O)NC(C(C)N)C(=O)NC(C(C)C)C(=O)N3CCCC3C(=O)NC2C)cc1. The summed E-state index contributed by atoms with van der Waals surface area (Å²) in [6, 6.07) is -13.5. The van der Waals surface area contributed by atoms with Crippen molar-refractivity contribution in [3.05, 3.63) is 29.8 Å². The van der Waals surface area contributed by atoms with Crippen molar-refractivity contribution in [3.8, 4) is 0 Å². The number of hydrogen-bond donors (Lipinski definition) is 16. The standard InChI is InChI=1S/C64H96N14O21/c1-7-8-9-10-11-12-13-14-15-21-44(79)69-38-24-22-37(23-25-38)54(88)71-41(30-49(86)87)57(91)76-53-36(6)68-58(92)43-20-18-27-78(43)62(96)50(33(2)3)74-61(95)52(35(5)65)73-46(81)32-67-55(89)39(28-47(82)83)70-45(80)31-66-56(90)40(29-48(84)85)72-60(94)51(34(4)64(98)99)75-59(93)42-19-16-17-26-77(42)63(53)97/h22-25,33-36,39-43,50-53H,7-21,26-32,65H2,1-6H3,(H,66,90)(H,67,89)(H,68,92)(H,69,79)(H,70,80)(H,71,88)(H,72,94)(H,73,81)(H,74,95)(H,75,93)(H,76,91)(H,82,83)(H,84,85)(H,86,87)(H,98,99). The average Bonchev–Trinajstić information content (AvgIpc) is 1.62. The van der Waals surface area contributed by atoms with E-state index >= 15 is 4.79 Å². The van der Waals surface area contributed by atoms with Gasteiger partial charge in [-0.3, -0.25) is 81.5 Å². The Kier molecular flexibility index (Phi) is 33.1. The molecule has 0 bridgehead atoms. The third-order valence-electron chi connectivity index (χ3n) is 17.0. The summed E-state index contributed by atoms with van der Waals surface area (Å²) in [5.41, 5.74) is 6.37. The minimum Gasteiger partial charge on any atom is -0.481 e. The minimum atomic E-state index is -2.17. The van der Waals surface area contributed by atoms with Crippen LogP contribution in [0.3, 0.4) is 0 Å². The predicted molar refractivity (Wildman–Crippen MR) is 350 cm³/mol. The molecule has 3 heterocycles. The molecule has 99 heavy (non-hydrogen) atoms. The second-order valence-electron chi connectivity index (χ2n) is 25.4. The average molecular weight is 1400 g/mol. The molecule has 35 nitrogen and oxygen atoms in total. The van der Waals surface area contributed by atoms with E-state index in [1.165, 1.54) is 57.4 Å². The summed E-state index contributed by atoms with van der Waals surface area (Å²) < 4.78 is 0. The highest BCUT2D eigenvalue weighted by atomic mass is 16.4. The smallest absolute Gasteiger partial charge is 0.308 e. The van der Waals surface area contributed by atoms with E-state index in [1.807, 2.05) is 16.0 Å². The predicted octanol–water partition coefficient (Wildman–Crippen LogP) is -2.18. The number of hydrogen-bond acceptors (Lipinski definition) is 18. The van der Waals surface area contributed by atoms with E-state index in [0.29, 0.717) is 12.1 Å². The van der Waals surface area contributed by atoms with Crippen molar-refractivity contribution >= 4 is 106 Å². The van der Waals surface area contributed by atoms with Crippen molar-refractivity contribution in [2.75, 3.05) is 31.5 Å². The van der Waals surface area contributed by atoms with Crippen LogP contribution < -0.4 is 64.2 Å². The Bertz CT molecular complexity index is 3110. The van der Waals surface area contributed by atoms with Crippen molar-refractivity contribution in [2.45, 2.75) is 224 Å². The Labute approximate surface area is 571 Å². The van der Waals surface area contributed by atoms with Crippen LogP contribution in [0.5, 0.6) is 0 Å². The number of carboxylic acids is 4. The Hall–Kier alpha value is -9.83. The van der Waals surface area contributed by atoms with Gasteiger partial charge in [-0.15, -0.1) is 0 Å². The van der Waals surface area contributed by atoms with E-state index in [4.69, 9.17) is 5.73 Å². The van der Waals surface area contributed by atoms with Crippen LogP contribution in [-0.4, -0.2) is 224 Å². The Morgan fingerprint density at radius 3 is 1.62 bits per heavy atom. The lowest BCUT2D eigenvalue weighted by Crippen LogP contribution is -2.66. The number of nitrogens with zero attached hydrogens (tertiary/aromatic N) is 2. The van der Waals surface area contributed by atoms with Gasteiger partial charge < -0.3 is 94.4 Å². The molecule has 3 fully saturated rings. The number of aliphatic carboxylic acids is 4. The normalized spacial score (nSPS) is 24.0. The van der Waals surface area contributed by atoms with Crippen molar-refractivity contribution < 1.29 is 102 Å². The Morgan fingerprint density at radius 1 is 0.566 bits per heavy atom. The third-order valence-corrected chi connectivity index (χ3v) is 17.0. The maximum Gasteiger partial charge on any atom is 0.308 e. The summed E-state index contributed by atoms with van der Waals surface area (Å²) in [6.45, 7) is 6.36. The molecule has 17 N–H and O–H groups in total. The van der Waals surface area contributed by atoms with Crippen LogP contribution >= 0.6 is 0 Å². The second kappa shape index (κ2) is 40.2. The highest BCUT2D eigenvalue weighted by molar-refractivity contribution is 6.03. The van der Waals surface area contributed by atoms with Crippen LogP contribution in [0.15, 0.2) is 24.3 Å². The van der Waals surface area contributed by atoms with Gasteiger partial charge in [0.1, 0.15) is 54.4 Å². The van der Waals surface area contributed by atoms with E-state index in [-0.39, 0.29) is 63.1 Å². The van der Waals surface area contributed by atoms with Gasteiger partial charge in [-0.1, -0.05) is 72.1 Å². The summed E-state index contributed by atoms with van der Waals surface area (Å²) in [6.07, 6.45) is 6.70. The molecular weight excluding hydrogens is 1300 g/mol. The molecular formula is C64H96N14O21. The molecule has 35 heteroatoms. The van der Waals surface area contributed by atoms with E-state index in [2.05, 4.69) is 49.5 Å². The number of benzene rings is 1. The molecule has 3 aliphatic heterocycles. The number of carbonyl (C=O) groups excluding carboxylic acids is 13. The summed E-state index contributed by atoms with van der Waals surface area (Å²) in [5.74, 6) is -23.4. The van der Waals surface area contributed by atoms with E-state index < -0.39 is 205 Å². The number of anilines is 1. The zero-order valence-electron chi connectivity index (χ0n) is 56.6. The fourth-order valence-electron chi connectivity index (χ4n) is 11.4. The fourth-order valence-corrected chi connectivity index (χ4v) is 11.4. The van der Waals surface area contributed by atoms with Gasteiger partial charge in [-0.05, 0) is 89.5 Å². The quantitative estimate of drug-likeness (QED) is 0.0463. The molecule has 12 unspecified atom stereocenters. The van der Waals surface area contributed by atoms with E-state index in [9.17, 15) is 97.1 Å². The molecule has 12 atom stereocenters.